The number of Topliss-reactive ketones (excluding diaryl/α,β-unsaturated/α-hetero) is 1. The largest absolute Gasteiger partial charge is 0.293 e. The third-order valence-corrected chi connectivity index (χ3v) is 6.67. The van der Waals surface area contributed by atoms with Gasteiger partial charge in [-0.1, -0.05) is 58.6 Å². The quantitative estimate of drug-likeness (QED) is 0.374. The van der Waals surface area contributed by atoms with Gasteiger partial charge in [-0.2, -0.15) is 0 Å². The summed E-state index contributed by atoms with van der Waals surface area (Å²) >= 11 is 10.3. The summed E-state index contributed by atoms with van der Waals surface area (Å²) in [6.07, 6.45) is 0. The van der Waals surface area contributed by atoms with Crippen molar-refractivity contribution in [3.63, 3.8) is 0 Å². The Kier molecular flexibility index (Phi) is 6.47. The van der Waals surface area contributed by atoms with Crippen molar-refractivity contribution >= 4 is 52.2 Å². The van der Waals surface area contributed by atoms with Crippen LogP contribution in [0.3, 0.4) is 0 Å². The van der Waals surface area contributed by atoms with E-state index in [1.54, 1.807) is 11.8 Å². The minimum absolute atomic E-state index is 0.0597. The van der Waals surface area contributed by atoms with Gasteiger partial charge in [0.25, 0.3) is 0 Å². The van der Waals surface area contributed by atoms with Gasteiger partial charge in [0.05, 0.1) is 5.75 Å². The summed E-state index contributed by atoms with van der Waals surface area (Å²) in [5.41, 5.74) is 1.65. The molecule has 0 unspecified atom stereocenters. The average molecular weight is 411 g/mol. The highest BCUT2D eigenvalue weighted by Crippen LogP contribution is 2.31. The summed E-state index contributed by atoms with van der Waals surface area (Å²) in [5, 5.41) is 8.95. The van der Waals surface area contributed by atoms with Crippen LogP contribution in [0.5, 0.6) is 0 Å². The molecule has 0 aliphatic heterocycles. The zero-order valence-electron chi connectivity index (χ0n) is 12.8. The lowest BCUT2D eigenvalue weighted by Gasteiger charge is -1.99. The molecule has 0 bridgehead atoms. The molecule has 3 aromatic rings. The lowest BCUT2D eigenvalue weighted by Crippen LogP contribution is -2.01. The second-order valence-corrected chi connectivity index (χ2v) is 8.83. The summed E-state index contributed by atoms with van der Waals surface area (Å²) in [5.74, 6) is 0.624. The molecule has 0 amide bonds. The Morgan fingerprint density at radius 1 is 1.00 bits per heavy atom. The molecule has 0 aliphatic rings. The molecule has 3 rings (SSSR count). The Hall–Kier alpha value is -1.41. The maximum atomic E-state index is 12.9. The molecule has 8 heteroatoms. The van der Waals surface area contributed by atoms with Gasteiger partial charge in [0.1, 0.15) is 5.82 Å². The Morgan fingerprint density at radius 2 is 1.64 bits per heavy atom. The van der Waals surface area contributed by atoms with Crippen LogP contribution in [-0.2, 0) is 5.75 Å². The minimum Gasteiger partial charge on any atom is -0.293 e. The lowest BCUT2D eigenvalue weighted by molar-refractivity contribution is 0.102. The standard InChI is InChI=1S/C17H12ClFN2OS3/c18-13-5-1-11(2-6-13)9-23-16-20-21-17(25-16)24-10-15(22)12-3-7-14(19)8-4-12/h1-8H,9-10H2. The first kappa shape index (κ1) is 18.4. The number of halogens is 2. The second kappa shape index (κ2) is 8.80. The molecule has 0 spiro atoms. The fourth-order valence-electron chi connectivity index (χ4n) is 1.89. The number of hydrogen-bond donors (Lipinski definition) is 0. The maximum absolute atomic E-state index is 12.9. The molecular formula is C17H12ClFN2OS3. The van der Waals surface area contributed by atoms with Crippen molar-refractivity contribution in [3.05, 3.63) is 70.5 Å². The van der Waals surface area contributed by atoms with Crippen molar-refractivity contribution in [3.8, 4) is 0 Å². The van der Waals surface area contributed by atoms with E-state index in [4.69, 9.17) is 11.6 Å². The van der Waals surface area contributed by atoms with Gasteiger partial charge in [-0.25, -0.2) is 4.39 Å². The molecular weight excluding hydrogens is 399 g/mol. The van der Waals surface area contributed by atoms with E-state index in [2.05, 4.69) is 10.2 Å². The third kappa shape index (κ3) is 5.54. The molecule has 2 aromatic carbocycles. The smallest absolute Gasteiger partial charge is 0.175 e. The van der Waals surface area contributed by atoms with Crippen LogP contribution >= 0.6 is 46.5 Å². The summed E-state index contributed by atoms with van der Waals surface area (Å²) in [4.78, 5) is 12.1. The first-order valence-corrected chi connectivity index (χ1v) is 10.4. The SMILES string of the molecule is O=C(CSc1nnc(SCc2ccc(Cl)cc2)s1)c1ccc(F)cc1. The van der Waals surface area contributed by atoms with E-state index in [1.807, 2.05) is 24.3 Å². The summed E-state index contributed by atoms with van der Waals surface area (Å²) in [6.45, 7) is 0. The number of rotatable bonds is 7. The number of benzene rings is 2. The van der Waals surface area contributed by atoms with Gasteiger partial charge in [0.2, 0.25) is 0 Å². The van der Waals surface area contributed by atoms with Crippen molar-refractivity contribution in [2.24, 2.45) is 0 Å². The molecule has 0 saturated carbocycles. The second-order valence-electron chi connectivity index (χ2n) is 4.97. The van der Waals surface area contributed by atoms with E-state index in [0.717, 1.165) is 20.0 Å². The van der Waals surface area contributed by atoms with Crippen LogP contribution in [0.2, 0.25) is 5.02 Å². The predicted octanol–water partition coefficient (Wildman–Crippen LogP) is 5.60. The van der Waals surface area contributed by atoms with Crippen LogP contribution in [0.25, 0.3) is 0 Å². The molecule has 0 saturated heterocycles. The summed E-state index contributed by atoms with van der Waals surface area (Å²) in [6, 6.07) is 13.2. The summed E-state index contributed by atoms with van der Waals surface area (Å²) < 4.78 is 14.5. The fraction of sp³-hybridized carbons (Fsp3) is 0.118. The molecule has 0 fully saturated rings. The highest BCUT2D eigenvalue weighted by atomic mass is 35.5. The lowest BCUT2D eigenvalue weighted by atomic mass is 10.1. The number of thioether (sulfide) groups is 2. The van der Waals surface area contributed by atoms with Crippen molar-refractivity contribution in [2.45, 2.75) is 14.4 Å². The van der Waals surface area contributed by atoms with Gasteiger partial charge < -0.3 is 0 Å². The van der Waals surface area contributed by atoms with Gasteiger partial charge in [-0.15, -0.1) is 10.2 Å². The molecule has 0 atom stereocenters. The fourth-order valence-corrected chi connectivity index (χ4v) is 4.88. The molecule has 1 aromatic heterocycles. The van der Waals surface area contributed by atoms with Crippen LogP contribution in [0.15, 0.2) is 57.2 Å². The first-order chi connectivity index (χ1) is 12.1. The predicted molar refractivity (Wildman–Crippen MR) is 102 cm³/mol. The van der Waals surface area contributed by atoms with Gasteiger partial charge in [-0.05, 0) is 42.0 Å². The van der Waals surface area contributed by atoms with Gasteiger partial charge >= 0.3 is 0 Å². The molecule has 128 valence electrons. The zero-order valence-corrected chi connectivity index (χ0v) is 16.0. The topological polar surface area (TPSA) is 42.9 Å². The van der Waals surface area contributed by atoms with Crippen molar-refractivity contribution in [2.75, 3.05) is 5.75 Å². The van der Waals surface area contributed by atoms with E-state index in [0.29, 0.717) is 10.6 Å². The van der Waals surface area contributed by atoms with Gasteiger partial charge in [-0.3, -0.25) is 4.79 Å². The van der Waals surface area contributed by atoms with Crippen molar-refractivity contribution in [1.29, 1.82) is 0 Å². The minimum atomic E-state index is -0.351. The van der Waals surface area contributed by atoms with Crippen LogP contribution in [0.1, 0.15) is 15.9 Å². The van der Waals surface area contributed by atoms with Crippen molar-refractivity contribution in [1.82, 2.24) is 10.2 Å². The molecule has 0 radical (unpaired) electrons. The number of carbonyl (C=O) groups excluding carboxylic acids is 1. The first-order valence-electron chi connectivity index (χ1n) is 7.22. The molecule has 0 N–H and O–H groups in total. The Morgan fingerprint density at radius 3 is 2.32 bits per heavy atom. The van der Waals surface area contributed by atoms with Crippen molar-refractivity contribution < 1.29 is 9.18 Å². The summed E-state index contributed by atoms with van der Waals surface area (Å²) in [7, 11) is 0. The monoisotopic (exact) mass is 410 g/mol. The van der Waals surface area contributed by atoms with E-state index >= 15 is 0 Å². The Balaban J connectivity index is 1.50. The molecule has 3 nitrogen and oxygen atoms in total. The van der Waals surface area contributed by atoms with E-state index in [1.165, 1.54) is 47.4 Å². The molecule has 25 heavy (non-hydrogen) atoms. The van der Waals surface area contributed by atoms with Crippen LogP contribution < -0.4 is 0 Å². The number of aromatic nitrogens is 2. The van der Waals surface area contributed by atoms with E-state index in [-0.39, 0.29) is 17.4 Å². The number of hydrogen-bond acceptors (Lipinski definition) is 6. The number of nitrogens with zero attached hydrogens (tertiary/aromatic N) is 2. The van der Waals surface area contributed by atoms with Gasteiger partial charge in [0.15, 0.2) is 14.5 Å². The van der Waals surface area contributed by atoms with Crippen LogP contribution in [0, 0.1) is 5.82 Å². The maximum Gasteiger partial charge on any atom is 0.175 e. The van der Waals surface area contributed by atoms with Gasteiger partial charge in [0, 0.05) is 16.3 Å². The van der Waals surface area contributed by atoms with Crippen LogP contribution in [-0.4, -0.2) is 21.7 Å². The number of carbonyl (C=O) groups is 1. The molecule has 0 aliphatic carbocycles. The Bertz CT molecular complexity index is 853. The highest BCUT2D eigenvalue weighted by molar-refractivity contribution is 8.03. The Labute approximate surface area is 162 Å². The van der Waals surface area contributed by atoms with E-state index in [9.17, 15) is 9.18 Å². The number of ketones is 1. The van der Waals surface area contributed by atoms with E-state index < -0.39 is 0 Å². The normalized spacial score (nSPS) is 10.8. The average Bonchev–Trinajstić information content (AvgIpc) is 3.08. The highest BCUT2D eigenvalue weighted by Gasteiger charge is 2.10. The third-order valence-electron chi connectivity index (χ3n) is 3.16. The molecule has 1 heterocycles. The van der Waals surface area contributed by atoms with Crippen LogP contribution in [0.4, 0.5) is 4.39 Å². The zero-order chi connectivity index (χ0) is 17.6.